The fourth-order valence-electron chi connectivity index (χ4n) is 2.49. The number of nitrogens with zero attached hydrogens (tertiary/aromatic N) is 1. The van der Waals surface area contributed by atoms with E-state index in [1.807, 2.05) is 0 Å². The second kappa shape index (κ2) is 5.49. The number of sulfonamides is 1. The van der Waals surface area contributed by atoms with Crippen molar-refractivity contribution in [1.82, 2.24) is 4.90 Å². The molecule has 5 nitrogen and oxygen atoms in total. The number of carbonyl (C=O) groups excluding carboxylic acids is 1. The normalized spacial score (nSPS) is 16.4. The number of primary sulfonamides is 1. The van der Waals surface area contributed by atoms with Crippen molar-refractivity contribution in [3.8, 4) is 0 Å². The van der Waals surface area contributed by atoms with Gasteiger partial charge in [0.1, 0.15) is 5.82 Å². The Morgan fingerprint density at radius 1 is 1.35 bits per heavy atom. The fourth-order valence-corrected chi connectivity index (χ4v) is 3.03. The number of nitrogens with two attached hydrogens (primary N) is 1. The van der Waals surface area contributed by atoms with E-state index in [1.54, 1.807) is 7.05 Å². The third-order valence-electron chi connectivity index (χ3n) is 3.69. The minimum atomic E-state index is -3.96. The van der Waals surface area contributed by atoms with Crippen LogP contribution in [-0.2, 0) is 10.0 Å². The highest BCUT2D eigenvalue weighted by Gasteiger charge is 2.26. The molecule has 0 saturated heterocycles. The van der Waals surface area contributed by atoms with E-state index in [1.165, 1.54) is 4.90 Å². The Kier molecular flexibility index (Phi) is 4.10. The van der Waals surface area contributed by atoms with E-state index in [4.69, 9.17) is 5.14 Å². The minimum Gasteiger partial charge on any atom is -0.339 e. The number of rotatable bonds is 3. The first-order valence-corrected chi connectivity index (χ1v) is 7.95. The van der Waals surface area contributed by atoms with Crippen molar-refractivity contribution in [3.63, 3.8) is 0 Å². The molecule has 0 aliphatic heterocycles. The Hall–Kier alpha value is -1.47. The number of hydrogen-bond donors (Lipinski definition) is 1. The van der Waals surface area contributed by atoms with Crippen molar-refractivity contribution >= 4 is 15.9 Å². The molecule has 1 aliphatic carbocycles. The smallest absolute Gasteiger partial charge is 0.256 e. The summed E-state index contributed by atoms with van der Waals surface area (Å²) in [4.78, 5) is 13.5. The minimum absolute atomic E-state index is 0.0834. The molecular weight excluding hydrogens is 283 g/mol. The Morgan fingerprint density at radius 2 is 1.95 bits per heavy atom. The summed E-state index contributed by atoms with van der Waals surface area (Å²) in [5.74, 6) is -1.26. The lowest BCUT2D eigenvalue weighted by molar-refractivity contribution is 0.0730. The third-order valence-corrected chi connectivity index (χ3v) is 4.60. The summed E-state index contributed by atoms with van der Waals surface area (Å²) in [5, 5.41) is 5.00. The van der Waals surface area contributed by atoms with Gasteiger partial charge in [-0.1, -0.05) is 12.8 Å². The Balaban J connectivity index is 2.33. The first-order chi connectivity index (χ1) is 9.30. The standard InChI is InChI=1S/C13H17FN2O3S/c1-16(9-4-2-3-5-9)13(17)11-8-10(20(15,18)19)6-7-12(11)14/h6-9H,2-5H2,1H3,(H2,15,18,19). The molecule has 2 rings (SSSR count). The zero-order valence-electron chi connectivity index (χ0n) is 11.2. The van der Waals surface area contributed by atoms with Crippen LogP contribution in [0.15, 0.2) is 23.1 Å². The van der Waals surface area contributed by atoms with Crippen molar-refractivity contribution in [2.45, 2.75) is 36.6 Å². The average Bonchev–Trinajstić information content (AvgIpc) is 2.90. The molecule has 0 aromatic heterocycles. The summed E-state index contributed by atoms with van der Waals surface area (Å²) in [7, 11) is -2.35. The zero-order chi connectivity index (χ0) is 14.9. The SMILES string of the molecule is CN(C(=O)c1cc(S(N)(=O)=O)ccc1F)C1CCCC1. The van der Waals surface area contributed by atoms with Gasteiger partial charge in [0, 0.05) is 13.1 Å². The van der Waals surface area contributed by atoms with Crippen LogP contribution in [0, 0.1) is 5.82 Å². The summed E-state index contributed by atoms with van der Waals surface area (Å²) in [6.45, 7) is 0. The lowest BCUT2D eigenvalue weighted by Crippen LogP contribution is -2.35. The van der Waals surface area contributed by atoms with Crippen LogP contribution in [0.4, 0.5) is 4.39 Å². The fraction of sp³-hybridized carbons (Fsp3) is 0.462. The van der Waals surface area contributed by atoms with Gasteiger partial charge in [-0.25, -0.2) is 17.9 Å². The van der Waals surface area contributed by atoms with E-state index >= 15 is 0 Å². The predicted molar refractivity (Wildman–Crippen MR) is 72.1 cm³/mol. The van der Waals surface area contributed by atoms with E-state index in [0.717, 1.165) is 43.9 Å². The van der Waals surface area contributed by atoms with Crippen LogP contribution in [0.3, 0.4) is 0 Å². The molecule has 1 aliphatic rings. The molecule has 1 aromatic carbocycles. The van der Waals surface area contributed by atoms with Gasteiger partial charge < -0.3 is 4.90 Å². The number of amides is 1. The van der Waals surface area contributed by atoms with Gasteiger partial charge in [0.15, 0.2) is 0 Å². The van der Waals surface area contributed by atoms with E-state index in [-0.39, 0.29) is 16.5 Å². The molecule has 110 valence electrons. The summed E-state index contributed by atoms with van der Waals surface area (Å²) < 4.78 is 36.3. The maximum Gasteiger partial charge on any atom is 0.256 e. The van der Waals surface area contributed by atoms with Crippen LogP contribution in [0.5, 0.6) is 0 Å². The van der Waals surface area contributed by atoms with Crippen LogP contribution >= 0.6 is 0 Å². The van der Waals surface area contributed by atoms with Crippen LogP contribution < -0.4 is 5.14 Å². The van der Waals surface area contributed by atoms with Crippen LogP contribution in [-0.4, -0.2) is 32.3 Å². The van der Waals surface area contributed by atoms with Gasteiger partial charge >= 0.3 is 0 Å². The van der Waals surface area contributed by atoms with Gasteiger partial charge in [-0.15, -0.1) is 0 Å². The van der Waals surface area contributed by atoms with Crippen LogP contribution in [0.25, 0.3) is 0 Å². The molecule has 0 radical (unpaired) electrons. The van der Waals surface area contributed by atoms with Gasteiger partial charge in [-0.2, -0.15) is 0 Å². The second-order valence-electron chi connectivity index (χ2n) is 5.04. The van der Waals surface area contributed by atoms with E-state index < -0.39 is 21.7 Å². The van der Waals surface area contributed by atoms with E-state index in [2.05, 4.69) is 0 Å². The summed E-state index contributed by atoms with van der Waals surface area (Å²) in [5.41, 5.74) is -0.258. The zero-order valence-corrected chi connectivity index (χ0v) is 12.0. The Labute approximate surface area is 117 Å². The molecule has 0 heterocycles. The summed E-state index contributed by atoms with van der Waals surface area (Å²) in [6.07, 6.45) is 3.86. The van der Waals surface area contributed by atoms with Crippen LogP contribution in [0.2, 0.25) is 0 Å². The Morgan fingerprint density at radius 3 is 2.50 bits per heavy atom. The first-order valence-electron chi connectivity index (χ1n) is 6.40. The third kappa shape index (κ3) is 2.99. The Bertz CT molecular complexity index is 625. The molecule has 0 spiro atoms. The lowest BCUT2D eigenvalue weighted by Gasteiger charge is -2.24. The van der Waals surface area contributed by atoms with Gasteiger partial charge in [0.05, 0.1) is 10.5 Å². The van der Waals surface area contributed by atoms with Crippen molar-refractivity contribution in [2.75, 3.05) is 7.05 Å². The molecule has 20 heavy (non-hydrogen) atoms. The van der Waals surface area contributed by atoms with Crippen molar-refractivity contribution in [2.24, 2.45) is 5.14 Å². The monoisotopic (exact) mass is 300 g/mol. The first kappa shape index (κ1) is 14.9. The summed E-state index contributed by atoms with van der Waals surface area (Å²) >= 11 is 0. The molecule has 2 N–H and O–H groups in total. The van der Waals surface area contributed by atoms with Crippen molar-refractivity contribution < 1.29 is 17.6 Å². The molecule has 1 aromatic rings. The lowest BCUT2D eigenvalue weighted by atomic mass is 10.1. The molecular formula is C13H17FN2O3S. The molecule has 1 fully saturated rings. The van der Waals surface area contributed by atoms with Crippen LogP contribution in [0.1, 0.15) is 36.0 Å². The van der Waals surface area contributed by atoms with Crippen molar-refractivity contribution in [1.29, 1.82) is 0 Å². The highest BCUT2D eigenvalue weighted by molar-refractivity contribution is 7.89. The number of carbonyl (C=O) groups is 1. The number of halogens is 1. The highest BCUT2D eigenvalue weighted by Crippen LogP contribution is 2.24. The molecule has 7 heteroatoms. The highest BCUT2D eigenvalue weighted by atomic mass is 32.2. The molecule has 0 bridgehead atoms. The van der Waals surface area contributed by atoms with Gasteiger partial charge in [0.2, 0.25) is 10.0 Å². The predicted octanol–water partition coefficient (Wildman–Crippen LogP) is 1.49. The molecule has 1 amide bonds. The number of hydrogen-bond acceptors (Lipinski definition) is 3. The molecule has 0 atom stereocenters. The largest absolute Gasteiger partial charge is 0.339 e. The average molecular weight is 300 g/mol. The topological polar surface area (TPSA) is 80.5 Å². The quantitative estimate of drug-likeness (QED) is 0.918. The number of benzene rings is 1. The van der Waals surface area contributed by atoms with Gasteiger partial charge in [0.25, 0.3) is 5.91 Å². The van der Waals surface area contributed by atoms with Crippen molar-refractivity contribution in [3.05, 3.63) is 29.6 Å². The second-order valence-corrected chi connectivity index (χ2v) is 6.60. The molecule has 1 saturated carbocycles. The maximum atomic E-state index is 13.8. The summed E-state index contributed by atoms with van der Waals surface area (Å²) in [6, 6.07) is 3.09. The van der Waals surface area contributed by atoms with E-state index in [9.17, 15) is 17.6 Å². The molecule has 0 unspecified atom stereocenters. The maximum absolute atomic E-state index is 13.8. The van der Waals surface area contributed by atoms with Gasteiger partial charge in [-0.05, 0) is 31.0 Å². The van der Waals surface area contributed by atoms with Gasteiger partial charge in [-0.3, -0.25) is 4.79 Å². The van der Waals surface area contributed by atoms with E-state index in [0.29, 0.717) is 0 Å².